The highest BCUT2D eigenvalue weighted by Crippen LogP contribution is 2.23. The molecule has 1 aliphatic rings. The van der Waals surface area contributed by atoms with Crippen LogP contribution in [0.25, 0.3) is 0 Å². The van der Waals surface area contributed by atoms with Gasteiger partial charge in [0.25, 0.3) is 0 Å². The van der Waals surface area contributed by atoms with E-state index in [1.807, 2.05) is 12.1 Å². The molecule has 0 amide bonds. The van der Waals surface area contributed by atoms with Gasteiger partial charge in [-0.2, -0.15) is 0 Å². The molecule has 1 unspecified atom stereocenters. The monoisotopic (exact) mass is 224 g/mol. The van der Waals surface area contributed by atoms with Crippen molar-refractivity contribution in [1.82, 2.24) is 5.32 Å². The van der Waals surface area contributed by atoms with Crippen LogP contribution in [0.1, 0.15) is 18.4 Å². The molecule has 0 spiro atoms. The van der Waals surface area contributed by atoms with Gasteiger partial charge in [-0.05, 0) is 43.5 Å². The van der Waals surface area contributed by atoms with E-state index in [1.54, 1.807) is 0 Å². The van der Waals surface area contributed by atoms with Crippen molar-refractivity contribution in [2.75, 3.05) is 13.1 Å². The topological polar surface area (TPSA) is 38.0 Å². The van der Waals surface area contributed by atoms with E-state index < -0.39 is 0 Å². The van der Waals surface area contributed by atoms with Crippen LogP contribution in [-0.4, -0.2) is 18.6 Å². The van der Waals surface area contributed by atoms with Gasteiger partial charge in [-0.15, -0.1) is 0 Å². The first kappa shape index (κ1) is 10.9. The minimum atomic E-state index is 0.119. The van der Waals surface area contributed by atoms with Crippen molar-refractivity contribution in [2.45, 2.75) is 24.8 Å². The lowest BCUT2D eigenvalue weighted by Crippen LogP contribution is -2.48. The largest absolute Gasteiger partial charge is 0.329 e. The number of halogens is 1. The Balaban J connectivity index is 2.09. The van der Waals surface area contributed by atoms with Crippen LogP contribution in [0.4, 0.5) is 0 Å². The molecule has 3 heteroatoms. The van der Waals surface area contributed by atoms with Crippen molar-refractivity contribution in [1.29, 1.82) is 0 Å². The molecule has 0 radical (unpaired) electrons. The van der Waals surface area contributed by atoms with Crippen LogP contribution in [-0.2, 0) is 6.42 Å². The molecule has 1 aromatic rings. The fraction of sp³-hybridized carbons (Fsp3) is 0.500. The summed E-state index contributed by atoms with van der Waals surface area (Å²) in [5.74, 6) is 0. The Kier molecular flexibility index (Phi) is 3.29. The van der Waals surface area contributed by atoms with Crippen LogP contribution < -0.4 is 11.1 Å². The number of benzene rings is 1. The predicted molar refractivity (Wildman–Crippen MR) is 64.2 cm³/mol. The molecule has 15 heavy (non-hydrogen) atoms. The summed E-state index contributed by atoms with van der Waals surface area (Å²) >= 11 is 5.86. The molecular weight excluding hydrogens is 208 g/mol. The highest BCUT2D eigenvalue weighted by atomic mass is 35.5. The van der Waals surface area contributed by atoms with Gasteiger partial charge in [-0.3, -0.25) is 0 Å². The fourth-order valence-corrected chi connectivity index (χ4v) is 2.38. The zero-order chi connectivity index (χ0) is 10.7. The van der Waals surface area contributed by atoms with E-state index in [0.29, 0.717) is 6.54 Å². The molecular formula is C12H17ClN2. The van der Waals surface area contributed by atoms with Gasteiger partial charge in [-0.1, -0.05) is 23.7 Å². The Morgan fingerprint density at radius 3 is 2.60 bits per heavy atom. The first-order chi connectivity index (χ1) is 7.24. The number of nitrogens with one attached hydrogen (secondary N) is 1. The SMILES string of the molecule is NCC1(Cc2ccc(Cl)cc2)CCCN1. The van der Waals surface area contributed by atoms with Crippen molar-refractivity contribution in [3.8, 4) is 0 Å². The third-order valence-electron chi connectivity index (χ3n) is 3.18. The average Bonchev–Trinajstić information content (AvgIpc) is 2.71. The summed E-state index contributed by atoms with van der Waals surface area (Å²) in [4.78, 5) is 0. The summed E-state index contributed by atoms with van der Waals surface area (Å²) in [6.45, 7) is 1.79. The minimum absolute atomic E-state index is 0.119. The highest BCUT2D eigenvalue weighted by molar-refractivity contribution is 6.30. The lowest BCUT2D eigenvalue weighted by Gasteiger charge is -2.28. The second-order valence-corrected chi connectivity index (χ2v) is 4.75. The minimum Gasteiger partial charge on any atom is -0.329 e. The van der Waals surface area contributed by atoms with Crippen molar-refractivity contribution in [3.05, 3.63) is 34.9 Å². The molecule has 1 aliphatic heterocycles. The highest BCUT2D eigenvalue weighted by Gasteiger charge is 2.31. The Morgan fingerprint density at radius 2 is 2.07 bits per heavy atom. The van der Waals surface area contributed by atoms with E-state index in [0.717, 1.165) is 18.0 Å². The van der Waals surface area contributed by atoms with E-state index in [-0.39, 0.29) is 5.54 Å². The van der Waals surface area contributed by atoms with E-state index >= 15 is 0 Å². The van der Waals surface area contributed by atoms with E-state index in [2.05, 4.69) is 17.4 Å². The van der Waals surface area contributed by atoms with Gasteiger partial charge < -0.3 is 11.1 Å². The number of nitrogens with two attached hydrogens (primary N) is 1. The fourth-order valence-electron chi connectivity index (χ4n) is 2.26. The number of hydrogen-bond acceptors (Lipinski definition) is 2. The molecule has 1 atom stereocenters. The van der Waals surface area contributed by atoms with Crippen LogP contribution >= 0.6 is 11.6 Å². The van der Waals surface area contributed by atoms with Crippen molar-refractivity contribution in [3.63, 3.8) is 0 Å². The first-order valence-electron chi connectivity index (χ1n) is 5.44. The second-order valence-electron chi connectivity index (χ2n) is 4.32. The van der Waals surface area contributed by atoms with E-state index in [4.69, 9.17) is 17.3 Å². The standard InChI is InChI=1S/C12H17ClN2/c13-11-4-2-10(3-5-11)8-12(9-14)6-1-7-15-12/h2-5,15H,1,6-9,14H2. The van der Waals surface area contributed by atoms with Crippen LogP contribution in [0.5, 0.6) is 0 Å². The predicted octanol–water partition coefficient (Wildman–Crippen LogP) is 1.96. The Morgan fingerprint density at radius 1 is 1.33 bits per heavy atom. The molecule has 0 aliphatic carbocycles. The Hall–Kier alpha value is -0.570. The molecule has 2 nitrogen and oxygen atoms in total. The normalized spacial score (nSPS) is 25.7. The van der Waals surface area contributed by atoms with Gasteiger partial charge in [0.15, 0.2) is 0 Å². The lowest BCUT2D eigenvalue weighted by molar-refractivity contribution is 0.383. The van der Waals surface area contributed by atoms with Crippen LogP contribution in [0, 0.1) is 0 Å². The quantitative estimate of drug-likeness (QED) is 0.824. The van der Waals surface area contributed by atoms with E-state index in [9.17, 15) is 0 Å². The van der Waals surface area contributed by atoms with Gasteiger partial charge >= 0.3 is 0 Å². The molecule has 0 bridgehead atoms. The van der Waals surface area contributed by atoms with Gasteiger partial charge in [0.1, 0.15) is 0 Å². The van der Waals surface area contributed by atoms with Crippen LogP contribution in [0.15, 0.2) is 24.3 Å². The lowest BCUT2D eigenvalue weighted by atomic mass is 9.89. The van der Waals surface area contributed by atoms with Gasteiger partial charge in [-0.25, -0.2) is 0 Å². The van der Waals surface area contributed by atoms with Crippen molar-refractivity contribution < 1.29 is 0 Å². The molecule has 0 aromatic heterocycles. The molecule has 1 saturated heterocycles. The second kappa shape index (κ2) is 4.52. The summed E-state index contributed by atoms with van der Waals surface area (Å²) in [6, 6.07) is 8.05. The van der Waals surface area contributed by atoms with Gasteiger partial charge in [0.2, 0.25) is 0 Å². The van der Waals surface area contributed by atoms with Crippen molar-refractivity contribution in [2.24, 2.45) is 5.73 Å². The summed E-state index contributed by atoms with van der Waals surface area (Å²) < 4.78 is 0. The smallest absolute Gasteiger partial charge is 0.0406 e. The first-order valence-corrected chi connectivity index (χ1v) is 5.81. The summed E-state index contributed by atoms with van der Waals surface area (Å²) in [5, 5.41) is 4.32. The number of hydrogen-bond donors (Lipinski definition) is 2. The Bertz CT molecular complexity index is 315. The Labute approximate surface area is 95.8 Å². The van der Waals surface area contributed by atoms with Crippen molar-refractivity contribution >= 4 is 11.6 Å². The van der Waals surface area contributed by atoms with E-state index in [1.165, 1.54) is 18.4 Å². The summed E-state index contributed by atoms with van der Waals surface area (Å²) in [7, 11) is 0. The zero-order valence-electron chi connectivity index (χ0n) is 8.80. The van der Waals surface area contributed by atoms with Gasteiger partial charge in [0.05, 0.1) is 0 Å². The third-order valence-corrected chi connectivity index (χ3v) is 3.43. The third kappa shape index (κ3) is 2.51. The zero-order valence-corrected chi connectivity index (χ0v) is 9.56. The average molecular weight is 225 g/mol. The number of rotatable bonds is 3. The van der Waals surface area contributed by atoms with Crippen LogP contribution in [0.2, 0.25) is 5.02 Å². The summed E-state index contributed by atoms with van der Waals surface area (Å²) in [6.07, 6.45) is 3.40. The molecule has 0 saturated carbocycles. The van der Waals surface area contributed by atoms with Crippen LogP contribution in [0.3, 0.4) is 0 Å². The molecule has 82 valence electrons. The molecule has 2 rings (SSSR count). The molecule has 1 fully saturated rings. The van der Waals surface area contributed by atoms with Gasteiger partial charge in [0, 0.05) is 17.1 Å². The molecule has 3 N–H and O–H groups in total. The maximum Gasteiger partial charge on any atom is 0.0406 e. The molecule has 1 heterocycles. The summed E-state index contributed by atoms with van der Waals surface area (Å²) in [5.41, 5.74) is 7.28. The maximum atomic E-state index is 5.86. The molecule has 1 aromatic carbocycles. The maximum absolute atomic E-state index is 5.86.